The van der Waals surface area contributed by atoms with Gasteiger partial charge in [-0.25, -0.2) is 9.21 Å². The number of rotatable bonds is 2. The van der Waals surface area contributed by atoms with Crippen LogP contribution in [0.4, 0.5) is 16.2 Å². The quantitative estimate of drug-likeness (QED) is 0.760. The molecule has 0 saturated heterocycles. The van der Waals surface area contributed by atoms with Crippen molar-refractivity contribution in [3.8, 4) is 0 Å². The summed E-state index contributed by atoms with van der Waals surface area (Å²) in [5, 5.41) is 3.82. The lowest BCUT2D eigenvalue weighted by Crippen LogP contribution is -2.26. The fourth-order valence-electron chi connectivity index (χ4n) is 1.40. The summed E-state index contributed by atoms with van der Waals surface area (Å²) in [6.07, 6.45) is 0. The lowest BCUT2D eigenvalue weighted by molar-refractivity contribution is 0.260. The highest BCUT2D eigenvalue weighted by Gasteiger charge is 2.13. The first-order valence-corrected chi connectivity index (χ1v) is 6.44. The van der Waals surface area contributed by atoms with Gasteiger partial charge in [-0.05, 0) is 48.5 Å². The molecule has 0 aliphatic rings. The Morgan fingerprint density at radius 1 is 0.895 bits per heavy atom. The third-order valence-corrected chi connectivity index (χ3v) is 3.18. The molecule has 0 bridgehead atoms. The predicted octanol–water partition coefficient (Wildman–Crippen LogP) is 5.19. The predicted molar refractivity (Wildman–Crippen MR) is 80.3 cm³/mol. The second-order valence-electron chi connectivity index (χ2n) is 3.69. The van der Waals surface area contributed by atoms with E-state index >= 15 is 0 Å². The molecule has 0 saturated carbocycles. The molecule has 0 spiro atoms. The van der Waals surface area contributed by atoms with Crippen molar-refractivity contribution in [1.82, 2.24) is 0 Å². The van der Waals surface area contributed by atoms with E-state index in [9.17, 15) is 4.79 Å². The van der Waals surface area contributed by atoms with Crippen LogP contribution in [0.1, 0.15) is 0 Å². The lowest BCUT2D eigenvalue weighted by atomic mass is 10.3. The standard InChI is InChI=1S/C13H9Cl3N2O/c14-9-1-5-11(6-2-9)17-13(19)18(16)12-7-3-10(15)4-8-12/h1-8H,(H,17,19). The molecule has 0 heterocycles. The maximum atomic E-state index is 11.9. The molecule has 2 rings (SSSR count). The van der Waals surface area contributed by atoms with E-state index in [1.807, 2.05) is 0 Å². The maximum absolute atomic E-state index is 11.9. The minimum atomic E-state index is -0.466. The van der Waals surface area contributed by atoms with Crippen LogP contribution in [0.25, 0.3) is 0 Å². The Morgan fingerprint density at radius 2 is 1.37 bits per heavy atom. The fourth-order valence-corrected chi connectivity index (χ4v) is 1.80. The Hall–Kier alpha value is -1.42. The number of carbonyl (C=O) groups is 1. The van der Waals surface area contributed by atoms with Gasteiger partial charge in [0.15, 0.2) is 0 Å². The molecule has 0 radical (unpaired) electrons. The summed E-state index contributed by atoms with van der Waals surface area (Å²) >= 11 is 17.5. The summed E-state index contributed by atoms with van der Waals surface area (Å²) in [5.74, 6) is 0. The number of hydrogen-bond donors (Lipinski definition) is 1. The van der Waals surface area contributed by atoms with Crippen molar-refractivity contribution in [2.24, 2.45) is 0 Å². The fraction of sp³-hybridized carbons (Fsp3) is 0. The molecule has 0 aliphatic carbocycles. The van der Waals surface area contributed by atoms with E-state index in [4.69, 9.17) is 35.0 Å². The number of halogens is 3. The van der Waals surface area contributed by atoms with Gasteiger partial charge in [0, 0.05) is 27.5 Å². The van der Waals surface area contributed by atoms with Crippen LogP contribution < -0.4 is 9.74 Å². The van der Waals surface area contributed by atoms with Crippen LogP contribution in [-0.2, 0) is 0 Å². The molecule has 2 aromatic carbocycles. The van der Waals surface area contributed by atoms with Crippen molar-refractivity contribution in [3.63, 3.8) is 0 Å². The van der Waals surface area contributed by atoms with E-state index in [0.29, 0.717) is 21.4 Å². The first-order chi connectivity index (χ1) is 9.06. The number of hydrogen-bond acceptors (Lipinski definition) is 1. The molecule has 0 fully saturated rings. The second-order valence-corrected chi connectivity index (χ2v) is 4.91. The molecule has 1 N–H and O–H groups in total. The number of anilines is 2. The van der Waals surface area contributed by atoms with Crippen molar-refractivity contribution < 1.29 is 4.79 Å². The van der Waals surface area contributed by atoms with Crippen LogP contribution in [0.5, 0.6) is 0 Å². The third-order valence-electron chi connectivity index (χ3n) is 2.33. The highest BCUT2D eigenvalue weighted by Crippen LogP contribution is 2.21. The Bertz CT molecular complexity index is 569. The number of nitrogens with zero attached hydrogens (tertiary/aromatic N) is 1. The molecule has 0 atom stereocenters. The zero-order valence-electron chi connectivity index (χ0n) is 9.61. The molecule has 19 heavy (non-hydrogen) atoms. The van der Waals surface area contributed by atoms with Crippen LogP contribution in [0.3, 0.4) is 0 Å². The zero-order valence-corrected chi connectivity index (χ0v) is 11.9. The van der Waals surface area contributed by atoms with Crippen molar-refractivity contribution in [2.75, 3.05) is 9.74 Å². The van der Waals surface area contributed by atoms with Gasteiger partial charge in [0.2, 0.25) is 0 Å². The molecule has 0 aliphatic heterocycles. The van der Waals surface area contributed by atoms with Gasteiger partial charge in [-0.2, -0.15) is 0 Å². The molecular weight excluding hydrogens is 307 g/mol. The molecule has 0 unspecified atom stereocenters. The zero-order chi connectivity index (χ0) is 13.8. The van der Waals surface area contributed by atoms with Crippen molar-refractivity contribution >= 4 is 52.4 Å². The minimum absolute atomic E-state index is 0.466. The van der Waals surface area contributed by atoms with Crippen LogP contribution >= 0.6 is 35.0 Å². The Morgan fingerprint density at radius 3 is 1.89 bits per heavy atom. The average molecular weight is 316 g/mol. The summed E-state index contributed by atoms with van der Waals surface area (Å²) in [5.41, 5.74) is 1.13. The number of urea groups is 1. The van der Waals surface area contributed by atoms with E-state index in [2.05, 4.69) is 5.32 Å². The highest BCUT2D eigenvalue weighted by molar-refractivity contribution is 6.38. The number of benzene rings is 2. The summed E-state index contributed by atoms with van der Waals surface area (Å²) < 4.78 is 0.977. The Labute approximate surface area is 125 Å². The van der Waals surface area contributed by atoms with Gasteiger partial charge >= 0.3 is 6.03 Å². The second kappa shape index (κ2) is 6.15. The molecule has 2 amide bonds. The largest absolute Gasteiger partial charge is 0.341 e. The first kappa shape index (κ1) is 14.0. The van der Waals surface area contributed by atoms with E-state index in [-0.39, 0.29) is 0 Å². The van der Waals surface area contributed by atoms with Crippen molar-refractivity contribution in [2.45, 2.75) is 0 Å². The van der Waals surface area contributed by atoms with Gasteiger partial charge in [0.25, 0.3) is 0 Å². The smallest absolute Gasteiger partial charge is 0.307 e. The maximum Gasteiger partial charge on any atom is 0.341 e. The van der Waals surface area contributed by atoms with Gasteiger partial charge < -0.3 is 5.32 Å². The average Bonchev–Trinajstić information content (AvgIpc) is 2.41. The van der Waals surface area contributed by atoms with E-state index < -0.39 is 6.03 Å². The number of carbonyl (C=O) groups excluding carboxylic acids is 1. The third kappa shape index (κ3) is 3.77. The van der Waals surface area contributed by atoms with Crippen molar-refractivity contribution in [1.29, 1.82) is 0 Å². The van der Waals surface area contributed by atoms with E-state index in [1.165, 1.54) is 0 Å². The topological polar surface area (TPSA) is 32.3 Å². The van der Waals surface area contributed by atoms with Gasteiger partial charge in [-0.15, -0.1) is 0 Å². The molecule has 0 aromatic heterocycles. The van der Waals surface area contributed by atoms with Crippen LogP contribution in [0.15, 0.2) is 48.5 Å². The SMILES string of the molecule is O=C(Nc1ccc(Cl)cc1)N(Cl)c1ccc(Cl)cc1. The lowest BCUT2D eigenvalue weighted by Gasteiger charge is -2.15. The monoisotopic (exact) mass is 314 g/mol. The summed E-state index contributed by atoms with van der Waals surface area (Å²) in [6, 6.07) is 12.9. The van der Waals surface area contributed by atoms with Crippen molar-refractivity contribution in [3.05, 3.63) is 58.6 Å². The van der Waals surface area contributed by atoms with Gasteiger partial charge in [0.1, 0.15) is 0 Å². The molecule has 6 heteroatoms. The molecule has 3 nitrogen and oxygen atoms in total. The molecular formula is C13H9Cl3N2O. The minimum Gasteiger partial charge on any atom is -0.307 e. The first-order valence-electron chi connectivity index (χ1n) is 5.34. The van der Waals surface area contributed by atoms with E-state index in [1.54, 1.807) is 48.5 Å². The number of nitrogens with one attached hydrogen (secondary N) is 1. The van der Waals surface area contributed by atoms with E-state index in [0.717, 1.165) is 4.42 Å². The van der Waals surface area contributed by atoms with Gasteiger partial charge in [0.05, 0.1) is 5.69 Å². The van der Waals surface area contributed by atoms with Crippen LogP contribution in [0.2, 0.25) is 10.0 Å². The number of amides is 2. The summed E-state index contributed by atoms with van der Waals surface area (Å²) in [4.78, 5) is 11.9. The van der Waals surface area contributed by atoms with Gasteiger partial charge in [-0.3, -0.25) is 0 Å². The normalized spacial score (nSPS) is 10.1. The van der Waals surface area contributed by atoms with Crippen LogP contribution in [0, 0.1) is 0 Å². The van der Waals surface area contributed by atoms with Gasteiger partial charge in [-0.1, -0.05) is 23.2 Å². The summed E-state index contributed by atoms with van der Waals surface area (Å²) in [7, 11) is 0. The van der Waals surface area contributed by atoms with Crippen LogP contribution in [-0.4, -0.2) is 6.03 Å². The highest BCUT2D eigenvalue weighted by atomic mass is 35.5. The summed E-state index contributed by atoms with van der Waals surface area (Å²) in [6.45, 7) is 0. The molecule has 98 valence electrons. The Kier molecular flexibility index (Phi) is 4.53. The Balaban J connectivity index is 2.07. The molecule has 2 aromatic rings.